The van der Waals surface area contributed by atoms with Crippen molar-refractivity contribution in [3.05, 3.63) is 60.1 Å². The molecule has 3 saturated heterocycles. The van der Waals surface area contributed by atoms with Crippen LogP contribution in [0.5, 0.6) is 0 Å². The van der Waals surface area contributed by atoms with E-state index < -0.39 is 0 Å². The fourth-order valence-corrected chi connectivity index (χ4v) is 4.77. The van der Waals surface area contributed by atoms with Gasteiger partial charge in [0.15, 0.2) is 5.76 Å². The minimum atomic E-state index is -0.121. The fourth-order valence-electron chi connectivity index (χ4n) is 4.77. The Bertz CT molecular complexity index is 1010. The van der Waals surface area contributed by atoms with Gasteiger partial charge in [-0.15, -0.1) is 0 Å². The normalized spacial score (nSPS) is 25.9. The van der Waals surface area contributed by atoms with Crippen LogP contribution in [0.1, 0.15) is 36.1 Å². The molecule has 5 heterocycles. The molecule has 3 aliphatic heterocycles. The zero-order chi connectivity index (χ0) is 20.0. The predicted molar refractivity (Wildman–Crippen MR) is 112 cm³/mol. The van der Waals surface area contributed by atoms with Crippen molar-refractivity contribution in [1.82, 2.24) is 10.2 Å². The molecular formula is C24H26N2O3. The molecule has 2 atom stereocenters. The summed E-state index contributed by atoms with van der Waals surface area (Å²) in [5.41, 5.74) is 1.95. The van der Waals surface area contributed by atoms with Crippen molar-refractivity contribution in [2.75, 3.05) is 13.1 Å². The number of nitrogens with zero attached hydrogens (tertiary/aromatic N) is 1. The lowest BCUT2D eigenvalue weighted by Crippen LogP contribution is -2.62. The van der Waals surface area contributed by atoms with Crippen molar-refractivity contribution in [3.63, 3.8) is 0 Å². The lowest BCUT2D eigenvalue weighted by molar-refractivity contribution is 0.0211. The molecule has 29 heavy (non-hydrogen) atoms. The number of furan rings is 2. The van der Waals surface area contributed by atoms with E-state index in [-0.39, 0.29) is 11.9 Å². The molecule has 5 nitrogen and oxygen atoms in total. The van der Waals surface area contributed by atoms with Crippen LogP contribution in [0, 0.1) is 12.8 Å². The van der Waals surface area contributed by atoms with Gasteiger partial charge >= 0.3 is 0 Å². The lowest BCUT2D eigenvalue weighted by atomic mass is 9.79. The summed E-state index contributed by atoms with van der Waals surface area (Å²) in [6, 6.07) is 16.1. The van der Waals surface area contributed by atoms with E-state index >= 15 is 0 Å². The molecule has 1 amide bonds. The van der Waals surface area contributed by atoms with Crippen LogP contribution in [0.15, 0.2) is 57.4 Å². The molecule has 5 heteroatoms. The second-order valence-electron chi connectivity index (χ2n) is 8.26. The molecular weight excluding hydrogens is 364 g/mol. The molecule has 3 aliphatic rings. The number of carbonyl (C=O) groups is 1. The van der Waals surface area contributed by atoms with Crippen LogP contribution in [0.2, 0.25) is 0 Å². The summed E-state index contributed by atoms with van der Waals surface area (Å²) in [4.78, 5) is 15.3. The average molecular weight is 390 g/mol. The van der Waals surface area contributed by atoms with Crippen molar-refractivity contribution in [2.45, 2.75) is 38.8 Å². The second kappa shape index (κ2) is 7.23. The topological polar surface area (TPSA) is 58.6 Å². The smallest absolute Gasteiger partial charge is 0.287 e. The second-order valence-corrected chi connectivity index (χ2v) is 8.26. The van der Waals surface area contributed by atoms with Crippen LogP contribution >= 0.6 is 0 Å². The monoisotopic (exact) mass is 390 g/mol. The lowest BCUT2D eigenvalue weighted by Gasteiger charge is -2.49. The number of rotatable bonds is 4. The van der Waals surface area contributed by atoms with Crippen molar-refractivity contribution in [1.29, 1.82) is 0 Å². The first kappa shape index (κ1) is 18.3. The van der Waals surface area contributed by atoms with Crippen LogP contribution in [0.3, 0.4) is 0 Å². The zero-order valence-corrected chi connectivity index (χ0v) is 16.9. The molecule has 1 aromatic carbocycles. The highest BCUT2D eigenvalue weighted by Gasteiger charge is 2.40. The molecule has 0 radical (unpaired) electrons. The van der Waals surface area contributed by atoms with Gasteiger partial charge in [0.25, 0.3) is 5.91 Å². The first-order chi connectivity index (χ1) is 14.1. The van der Waals surface area contributed by atoms with Gasteiger partial charge in [-0.1, -0.05) is 24.3 Å². The van der Waals surface area contributed by atoms with Gasteiger partial charge in [-0.3, -0.25) is 9.69 Å². The maximum atomic E-state index is 12.8. The van der Waals surface area contributed by atoms with E-state index in [9.17, 15) is 4.79 Å². The van der Waals surface area contributed by atoms with E-state index in [0.717, 1.165) is 35.7 Å². The number of nitrogens with one attached hydrogen (secondary N) is 1. The Morgan fingerprint density at radius 2 is 1.55 bits per heavy atom. The third-order valence-corrected chi connectivity index (χ3v) is 6.50. The van der Waals surface area contributed by atoms with E-state index in [4.69, 9.17) is 8.83 Å². The zero-order valence-electron chi connectivity index (χ0n) is 16.9. The highest BCUT2D eigenvalue weighted by molar-refractivity contribution is 5.92. The molecule has 1 N–H and O–H groups in total. The molecule has 6 rings (SSSR count). The van der Waals surface area contributed by atoms with Crippen molar-refractivity contribution in [3.8, 4) is 22.6 Å². The third kappa shape index (κ3) is 3.40. The molecule has 2 bridgehead atoms. The van der Waals surface area contributed by atoms with Gasteiger partial charge in [0, 0.05) is 23.2 Å². The van der Waals surface area contributed by atoms with E-state index in [1.807, 2.05) is 49.4 Å². The number of aryl methyl sites for hydroxylation is 1. The van der Waals surface area contributed by atoms with E-state index in [1.165, 1.54) is 12.8 Å². The highest BCUT2D eigenvalue weighted by Crippen LogP contribution is 2.32. The Morgan fingerprint density at radius 1 is 0.931 bits per heavy atom. The van der Waals surface area contributed by atoms with Gasteiger partial charge < -0.3 is 14.2 Å². The minimum absolute atomic E-state index is 0.121. The summed E-state index contributed by atoms with van der Waals surface area (Å²) in [5, 5.41) is 3.23. The van der Waals surface area contributed by atoms with Gasteiger partial charge in [0.05, 0.1) is 0 Å². The molecule has 3 aromatic rings. The molecule has 3 fully saturated rings. The number of benzene rings is 1. The number of hydrogen-bond donors (Lipinski definition) is 1. The first-order valence-corrected chi connectivity index (χ1v) is 10.4. The van der Waals surface area contributed by atoms with Crippen molar-refractivity contribution >= 4 is 5.91 Å². The SMILES string of the molecule is Cc1ccc(-c2ccc(-c3ccc(C(=O)N[C@@H]4C5CCN(CC5)[C@H]4C)o3)cc2)o1. The van der Waals surface area contributed by atoms with Crippen molar-refractivity contribution in [2.24, 2.45) is 5.92 Å². The number of piperidine rings is 3. The summed E-state index contributed by atoms with van der Waals surface area (Å²) >= 11 is 0. The van der Waals surface area contributed by atoms with Gasteiger partial charge in [-0.05, 0) is 70.0 Å². The Hall–Kier alpha value is -2.79. The maximum Gasteiger partial charge on any atom is 0.287 e. The summed E-state index contributed by atoms with van der Waals surface area (Å²) in [7, 11) is 0. The molecule has 2 aromatic heterocycles. The Morgan fingerprint density at radius 3 is 2.14 bits per heavy atom. The van der Waals surface area contributed by atoms with E-state index in [1.54, 1.807) is 6.07 Å². The molecule has 0 spiro atoms. The molecule has 150 valence electrons. The van der Waals surface area contributed by atoms with Crippen LogP contribution in [-0.2, 0) is 0 Å². The van der Waals surface area contributed by atoms with Crippen LogP contribution in [0.25, 0.3) is 22.6 Å². The van der Waals surface area contributed by atoms with Gasteiger partial charge in [-0.25, -0.2) is 0 Å². The maximum absolute atomic E-state index is 12.8. The Balaban J connectivity index is 1.29. The fraction of sp³-hybridized carbons (Fsp3) is 0.375. The standard InChI is InChI=1S/C24H26N2O3/c1-15-3-8-20(28-15)17-4-6-18(7-5-17)21-9-10-22(29-21)24(27)25-23-16(2)26-13-11-19(23)12-14-26/h3-10,16,19,23H,11-14H2,1-2H3,(H,25,27)/t16-,23-/m0/s1. The van der Waals surface area contributed by atoms with Crippen LogP contribution < -0.4 is 5.32 Å². The summed E-state index contributed by atoms with van der Waals surface area (Å²) in [6.07, 6.45) is 2.33. The number of carbonyl (C=O) groups excluding carboxylic acids is 1. The molecule has 0 saturated carbocycles. The van der Waals surface area contributed by atoms with Gasteiger partial charge in [0.2, 0.25) is 0 Å². The third-order valence-electron chi connectivity index (χ3n) is 6.50. The van der Waals surface area contributed by atoms with E-state index in [2.05, 4.69) is 17.1 Å². The Kier molecular flexibility index (Phi) is 4.55. The minimum Gasteiger partial charge on any atom is -0.461 e. The van der Waals surface area contributed by atoms with Crippen LogP contribution in [-0.4, -0.2) is 36.0 Å². The van der Waals surface area contributed by atoms with Gasteiger partial charge in [0.1, 0.15) is 17.3 Å². The first-order valence-electron chi connectivity index (χ1n) is 10.4. The van der Waals surface area contributed by atoms with Crippen molar-refractivity contribution < 1.29 is 13.6 Å². The predicted octanol–water partition coefficient (Wildman–Crippen LogP) is 4.73. The summed E-state index contributed by atoms with van der Waals surface area (Å²) in [6.45, 7) is 6.45. The number of fused-ring (bicyclic) bond motifs is 3. The molecule has 0 aliphatic carbocycles. The summed E-state index contributed by atoms with van der Waals surface area (Å²) in [5.74, 6) is 3.26. The highest BCUT2D eigenvalue weighted by atomic mass is 16.4. The summed E-state index contributed by atoms with van der Waals surface area (Å²) < 4.78 is 11.6. The number of hydrogen-bond acceptors (Lipinski definition) is 4. The van der Waals surface area contributed by atoms with Crippen LogP contribution in [0.4, 0.5) is 0 Å². The largest absolute Gasteiger partial charge is 0.461 e. The molecule has 0 unspecified atom stereocenters. The van der Waals surface area contributed by atoms with Gasteiger partial charge in [-0.2, -0.15) is 0 Å². The average Bonchev–Trinajstić information content (AvgIpc) is 3.41. The number of amides is 1. The van der Waals surface area contributed by atoms with E-state index in [0.29, 0.717) is 23.5 Å². The quantitative estimate of drug-likeness (QED) is 0.700. The Labute approximate surface area is 170 Å².